The van der Waals surface area contributed by atoms with Crippen molar-refractivity contribution >= 4 is 11.7 Å². The Morgan fingerprint density at radius 2 is 2.36 bits per heavy atom. The maximum atomic E-state index is 11.7. The SMILES string of the molecule is CC[C@H](C)[C@H](N)C(=O)n1nccc1N. The second kappa shape index (κ2) is 4.23. The van der Waals surface area contributed by atoms with Crippen molar-refractivity contribution in [2.75, 3.05) is 5.73 Å². The summed E-state index contributed by atoms with van der Waals surface area (Å²) in [6.45, 7) is 3.92. The van der Waals surface area contributed by atoms with Crippen molar-refractivity contribution < 1.29 is 4.79 Å². The van der Waals surface area contributed by atoms with E-state index in [1.165, 1.54) is 6.20 Å². The van der Waals surface area contributed by atoms with Crippen molar-refractivity contribution in [3.8, 4) is 0 Å². The van der Waals surface area contributed by atoms with Gasteiger partial charge in [-0.15, -0.1) is 0 Å². The summed E-state index contributed by atoms with van der Waals surface area (Å²) in [6.07, 6.45) is 2.34. The molecule has 0 unspecified atom stereocenters. The first-order valence-electron chi connectivity index (χ1n) is 4.67. The van der Waals surface area contributed by atoms with Crippen LogP contribution >= 0.6 is 0 Å². The van der Waals surface area contributed by atoms with E-state index in [0.29, 0.717) is 5.82 Å². The number of anilines is 1. The monoisotopic (exact) mass is 196 g/mol. The number of carbonyl (C=O) groups is 1. The van der Waals surface area contributed by atoms with Gasteiger partial charge in [0.25, 0.3) is 5.91 Å². The highest BCUT2D eigenvalue weighted by molar-refractivity contribution is 5.85. The number of hydrogen-bond donors (Lipinski definition) is 2. The fourth-order valence-corrected chi connectivity index (χ4v) is 1.14. The minimum absolute atomic E-state index is 0.131. The van der Waals surface area contributed by atoms with Gasteiger partial charge >= 0.3 is 0 Å². The van der Waals surface area contributed by atoms with Crippen LogP contribution in [0.4, 0.5) is 5.82 Å². The quantitative estimate of drug-likeness (QED) is 0.736. The molecule has 0 amide bonds. The normalized spacial score (nSPS) is 15.1. The van der Waals surface area contributed by atoms with E-state index in [4.69, 9.17) is 11.5 Å². The maximum Gasteiger partial charge on any atom is 0.265 e. The van der Waals surface area contributed by atoms with Crippen LogP contribution in [-0.2, 0) is 0 Å². The van der Waals surface area contributed by atoms with Crippen LogP contribution in [0.1, 0.15) is 25.1 Å². The highest BCUT2D eigenvalue weighted by Gasteiger charge is 2.22. The summed E-state index contributed by atoms with van der Waals surface area (Å²) in [7, 11) is 0. The number of nitrogens with two attached hydrogens (primary N) is 2. The van der Waals surface area contributed by atoms with Crippen LogP contribution in [0.3, 0.4) is 0 Å². The third-order valence-corrected chi connectivity index (χ3v) is 2.42. The molecule has 4 N–H and O–H groups in total. The zero-order valence-corrected chi connectivity index (χ0v) is 8.47. The molecule has 0 aromatic carbocycles. The summed E-state index contributed by atoms with van der Waals surface area (Å²) >= 11 is 0. The van der Waals surface area contributed by atoms with Gasteiger partial charge in [-0.2, -0.15) is 9.78 Å². The molecule has 0 saturated carbocycles. The summed E-state index contributed by atoms with van der Waals surface area (Å²) in [6, 6.07) is 1.03. The van der Waals surface area contributed by atoms with Crippen LogP contribution in [0.25, 0.3) is 0 Å². The van der Waals surface area contributed by atoms with Crippen LogP contribution < -0.4 is 11.5 Å². The highest BCUT2D eigenvalue weighted by Crippen LogP contribution is 2.09. The van der Waals surface area contributed by atoms with Crippen LogP contribution in [0.15, 0.2) is 12.3 Å². The largest absolute Gasteiger partial charge is 0.383 e. The van der Waals surface area contributed by atoms with Gasteiger partial charge in [0.15, 0.2) is 0 Å². The van der Waals surface area contributed by atoms with Crippen LogP contribution in [0.2, 0.25) is 0 Å². The van der Waals surface area contributed by atoms with Crippen molar-refractivity contribution in [2.45, 2.75) is 26.3 Å². The first-order chi connectivity index (χ1) is 6.57. The van der Waals surface area contributed by atoms with Crippen molar-refractivity contribution in [3.05, 3.63) is 12.3 Å². The molecule has 1 rings (SSSR count). The van der Waals surface area contributed by atoms with Gasteiger partial charge in [0, 0.05) is 6.07 Å². The lowest BCUT2D eigenvalue weighted by Gasteiger charge is -2.16. The lowest BCUT2D eigenvalue weighted by molar-refractivity contribution is 0.0837. The Bertz CT molecular complexity index is 320. The predicted molar refractivity (Wildman–Crippen MR) is 54.7 cm³/mol. The molecule has 1 aromatic rings. The molecule has 0 spiro atoms. The van der Waals surface area contributed by atoms with Gasteiger partial charge in [-0.3, -0.25) is 4.79 Å². The summed E-state index contributed by atoms with van der Waals surface area (Å²) in [5, 5.41) is 3.82. The first-order valence-corrected chi connectivity index (χ1v) is 4.67. The van der Waals surface area contributed by atoms with Gasteiger partial charge in [-0.25, -0.2) is 0 Å². The van der Waals surface area contributed by atoms with E-state index in [1.807, 2.05) is 13.8 Å². The predicted octanol–water partition coefficient (Wildman–Crippen LogP) is 0.479. The molecular weight excluding hydrogens is 180 g/mol. The lowest BCUT2D eigenvalue weighted by Crippen LogP contribution is -2.40. The fourth-order valence-electron chi connectivity index (χ4n) is 1.14. The van der Waals surface area contributed by atoms with Gasteiger partial charge in [0.2, 0.25) is 0 Å². The lowest BCUT2D eigenvalue weighted by atomic mass is 10.00. The Balaban J connectivity index is 2.81. The fraction of sp³-hybridized carbons (Fsp3) is 0.556. The molecule has 78 valence electrons. The molecule has 2 atom stereocenters. The molecule has 0 fully saturated rings. The van der Waals surface area contributed by atoms with E-state index in [9.17, 15) is 4.79 Å². The van der Waals surface area contributed by atoms with Crippen molar-refractivity contribution in [3.63, 3.8) is 0 Å². The third kappa shape index (κ3) is 1.93. The number of nitrogen functional groups attached to an aromatic ring is 1. The summed E-state index contributed by atoms with van der Waals surface area (Å²) in [5.74, 6) is 0.210. The van der Waals surface area contributed by atoms with Crippen LogP contribution in [0, 0.1) is 5.92 Å². The van der Waals surface area contributed by atoms with Gasteiger partial charge in [0.05, 0.1) is 12.2 Å². The van der Waals surface area contributed by atoms with Gasteiger partial charge in [-0.05, 0) is 5.92 Å². The smallest absolute Gasteiger partial charge is 0.265 e. The average molecular weight is 196 g/mol. The molecule has 5 heteroatoms. The van der Waals surface area contributed by atoms with E-state index in [0.717, 1.165) is 11.1 Å². The van der Waals surface area contributed by atoms with Crippen LogP contribution in [-0.4, -0.2) is 21.7 Å². The molecule has 1 aromatic heterocycles. The Labute approximate surface area is 83.1 Å². The second-order valence-electron chi connectivity index (χ2n) is 3.42. The topological polar surface area (TPSA) is 86.9 Å². The average Bonchev–Trinajstić information content (AvgIpc) is 2.61. The maximum absolute atomic E-state index is 11.7. The minimum Gasteiger partial charge on any atom is -0.383 e. The number of rotatable bonds is 3. The van der Waals surface area contributed by atoms with E-state index in [2.05, 4.69) is 5.10 Å². The first kappa shape index (κ1) is 10.7. The number of carbonyl (C=O) groups excluding carboxylic acids is 1. The molecule has 0 aliphatic carbocycles. The molecule has 0 bridgehead atoms. The summed E-state index contributed by atoms with van der Waals surface area (Å²) in [4.78, 5) is 11.7. The Morgan fingerprint density at radius 1 is 1.71 bits per heavy atom. The zero-order chi connectivity index (χ0) is 10.7. The van der Waals surface area contributed by atoms with Crippen molar-refractivity contribution in [1.82, 2.24) is 9.78 Å². The molecule has 14 heavy (non-hydrogen) atoms. The summed E-state index contributed by atoms with van der Waals surface area (Å²) in [5.41, 5.74) is 11.3. The van der Waals surface area contributed by atoms with E-state index < -0.39 is 6.04 Å². The Morgan fingerprint density at radius 3 is 2.79 bits per heavy atom. The zero-order valence-electron chi connectivity index (χ0n) is 8.47. The van der Waals surface area contributed by atoms with E-state index in [1.54, 1.807) is 6.07 Å². The number of hydrogen-bond acceptors (Lipinski definition) is 4. The van der Waals surface area contributed by atoms with Gasteiger partial charge in [0.1, 0.15) is 5.82 Å². The summed E-state index contributed by atoms with van der Waals surface area (Å²) < 4.78 is 1.15. The molecule has 0 radical (unpaired) electrons. The van der Waals surface area contributed by atoms with Crippen molar-refractivity contribution in [1.29, 1.82) is 0 Å². The second-order valence-corrected chi connectivity index (χ2v) is 3.42. The van der Waals surface area contributed by atoms with Crippen LogP contribution in [0.5, 0.6) is 0 Å². The van der Waals surface area contributed by atoms with Gasteiger partial charge < -0.3 is 11.5 Å². The number of nitrogens with zero attached hydrogens (tertiary/aromatic N) is 2. The molecular formula is C9H16N4O. The molecule has 5 nitrogen and oxygen atoms in total. The third-order valence-electron chi connectivity index (χ3n) is 2.42. The Kier molecular flexibility index (Phi) is 3.24. The van der Waals surface area contributed by atoms with Crippen molar-refractivity contribution in [2.24, 2.45) is 11.7 Å². The minimum atomic E-state index is -0.540. The molecule has 0 aliphatic rings. The van der Waals surface area contributed by atoms with E-state index >= 15 is 0 Å². The van der Waals surface area contributed by atoms with E-state index in [-0.39, 0.29) is 11.8 Å². The molecule has 0 saturated heterocycles. The van der Waals surface area contributed by atoms with Gasteiger partial charge in [-0.1, -0.05) is 20.3 Å². The molecule has 0 aliphatic heterocycles. The number of aromatic nitrogens is 2. The Hall–Kier alpha value is -1.36. The standard InChI is InChI=1S/C9H16N4O/c1-3-6(2)8(11)9(14)13-7(10)4-5-12-13/h4-6,8H,3,10-11H2,1-2H3/t6-,8-/m0/s1. The highest BCUT2D eigenvalue weighted by atomic mass is 16.2. The molecule has 1 heterocycles.